The second-order valence-corrected chi connectivity index (χ2v) is 5.63. The zero-order valence-corrected chi connectivity index (χ0v) is 14.1. The number of benzene rings is 1. The molecular weight excluding hydrogens is 352 g/mol. The van der Waals surface area contributed by atoms with E-state index < -0.39 is 11.6 Å². The molecule has 27 heavy (non-hydrogen) atoms. The van der Waals surface area contributed by atoms with Gasteiger partial charge in [0.05, 0.1) is 18.8 Å². The number of hydrogen-bond donors (Lipinski definition) is 1. The monoisotopic (exact) mass is 365 g/mol. The topological polar surface area (TPSA) is 72.8 Å². The standard InChI is InChI=1S/C19H13F2N5O/c1-27-13-4-5-16-14(8-13)18(26-19-15(21)7-12(20)10-23-19)25-17(24-16)11-3-2-6-22-9-11/h2-10H,1H3,(H,23,24,25,26). The number of halogens is 2. The molecule has 0 aliphatic carbocycles. The predicted molar refractivity (Wildman–Crippen MR) is 96.8 cm³/mol. The fourth-order valence-electron chi connectivity index (χ4n) is 2.57. The lowest BCUT2D eigenvalue weighted by Gasteiger charge is -2.12. The van der Waals surface area contributed by atoms with Crippen molar-refractivity contribution in [2.45, 2.75) is 0 Å². The molecule has 1 N–H and O–H groups in total. The lowest BCUT2D eigenvalue weighted by molar-refractivity contribution is 0.415. The molecule has 4 aromatic rings. The number of pyridine rings is 2. The number of hydrogen-bond acceptors (Lipinski definition) is 6. The average Bonchev–Trinajstić information content (AvgIpc) is 2.70. The fraction of sp³-hybridized carbons (Fsp3) is 0.0526. The molecule has 0 fully saturated rings. The third-order valence-corrected chi connectivity index (χ3v) is 3.87. The van der Waals surface area contributed by atoms with Crippen LogP contribution < -0.4 is 10.1 Å². The highest BCUT2D eigenvalue weighted by atomic mass is 19.1. The second-order valence-electron chi connectivity index (χ2n) is 5.63. The van der Waals surface area contributed by atoms with E-state index in [4.69, 9.17) is 4.74 Å². The summed E-state index contributed by atoms with van der Waals surface area (Å²) in [6, 6.07) is 9.61. The van der Waals surface area contributed by atoms with Crippen LogP contribution in [0.2, 0.25) is 0 Å². The molecule has 0 atom stereocenters. The molecule has 0 aliphatic heterocycles. The summed E-state index contributed by atoms with van der Waals surface area (Å²) in [5.41, 5.74) is 1.32. The largest absolute Gasteiger partial charge is 0.497 e. The van der Waals surface area contributed by atoms with E-state index in [1.165, 1.54) is 0 Å². The fourth-order valence-corrected chi connectivity index (χ4v) is 2.57. The van der Waals surface area contributed by atoms with Gasteiger partial charge in [0, 0.05) is 29.4 Å². The van der Waals surface area contributed by atoms with Gasteiger partial charge in [-0.05, 0) is 30.3 Å². The normalized spacial score (nSPS) is 10.8. The number of anilines is 2. The molecule has 8 heteroatoms. The van der Waals surface area contributed by atoms with Crippen molar-refractivity contribution in [3.05, 3.63) is 66.6 Å². The second kappa shape index (κ2) is 6.91. The summed E-state index contributed by atoms with van der Waals surface area (Å²) < 4.78 is 32.5. The van der Waals surface area contributed by atoms with Crippen molar-refractivity contribution in [2.24, 2.45) is 0 Å². The van der Waals surface area contributed by atoms with Gasteiger partial charge in [-0.15, -0.1) is 0 Å². The Morgan fingerprint density at radius 1 is 1.00 bits per heavy atom. The summed E-state index contributed by atoms with van der Waals surface area (Å²) in [7, 11) is 1.54. The van der Waals surface area contributed by atoms with Crippen LogP contribution in [0.15, 0.2) is 55.0 Å². The first-order valence-corrected chi connectivity index (χ1v) is 7.98. The van der Waals surface area contributed by atoms with E-state index in [0.717, 1.165) is 12.3 Å². The third kappa shape index (κ3) is 3.37. The molecule has 0 unspecified atom stereocenters. The molecule has 0 spiro atoms. The van der Waals surface area contributed by atoms with Crippen LogP contribution in [0.25, 0.3) is 22.3 Å². The first kappa shape index (κ1) is 16.8. The Bertz CT molecular complexity index is 1120. The Morgan fingerprint density at radius 3 is 2.63 bits per heavy atom. The molecule has 4 rings (SSSR count). The number of rotatable bonds is 4. The van der Waals surface area contributed by atoms with Gasteiger partial charge in [0.1, 0.15) is 17.4 Å². The third-order valence-electron chi connectivity index (χ3n) is 3.87. The lowest BCUT2D eigenvalue weighted by atomic mass is 10.2. The van der Waals surface area contributed by atoms with Crippen LogP contribution in [0.3, 0.4) is 0 Å². The van der Waals surface area contributed by atoms with Gasteiger partial charge in [-0.2, -0.15) is 0 Å². The molecule has 0 aliphatic rings. The molecule has 3 aromatic heterocycles. The van der Waals surface area contributed by atoms with E-state index in [1.807, 2.05) is 6.07 Å². The van der Waals surface area contributed by atoms with Crippen molar-refractivity contribution >= 4 is 22.5 Å². The summed E-state index contributed by atoms with van der Waals surface area (Å²) in [6.45, 7) is 0. The van der Waals surface area contributed by atoms with Crippen molar-refractivity contribution in [2.75, 3.05) is 12.4 Å². The average molecular weight is 365 g/mol. The van der Waals surface area contributed by atoms with Crippen molar-refractivity contribution in [1.29, 1.82) is 0 Å². The summed E-state index contributed by atoms with van der Waals surface area (Å²) in [4.78, 5) is 16.9. The van der Waals surface area contributed by atoms with Crippen molar-refractivity contribution in [1.82, 2.24) is 19.9 Å². The molecule has 3 heterocycles. The Balaban J connectivity index is 1.89. The smallest absolute Gasteiger partial charge is 0.168 e. The highest BCUT2D eigenvalue weighted by Crippen LogP contribution is 2.30. The molecule has 0 amide bonds. The van der Waals surface area contributed by atoms with Crippen LogP contribution in [0.1, 0.15) is 0 Å². The summed E-state index contributed by atoms with van der Waals surface area (Å²) in [6.07, 6.45) is 4.20. The molecular formula is C19H13F2N5O. The molecule has 0 saturated heterocycles. The molecule has 0 saturated carbocycles. The number of nitrogens with one attached hydrogen (secondary N) is 1. The zero-order chi connectivity index (χ0) is 18.8. The van der Waals surface area contributed by atoms with E-state index in [0.29, 0.717) is 33.9 Å². The maximum Gasteiger partial charge on any atom is 0.168 e. The van der Waals surface area contributed by atoms with E-state index in [9.17, 15) is 8.78 Å². The van der Waals surface area contributed by atoms with Gasteiger partial charge in [-0.1, -0.05) is 0 Å². The van der Waals surface area contributed by atoms with Gasteiger partial charge < -0.3 is 10.1 Å². The van der Waals surface area contributed by atoms with Crippen LogP contribution in [0.5, 0.6) is 5.75 Å². The predicted octanol–water partition coefficient (Wildman–Crippen LogP) is 4.12. The van der Waals surface area contributed by atoms with Gasteiger partial charge in [0.15, 0.2) is 17.5 Å². The molecule has 0 radical (unpaired) electrons. The number of fused-ring (bicyclic) bond motifs is 1. The minimum absolute atomic E-state index is 0.142. The number of ether oxygens (including phenoxy) is 1. The molecule has 0 bridgehead atoms. The van der Waals surface area contributed by atoms with Gasteiger partial charge in [-0.25, -0.2) is 23.7 Å². The van der Waals surface area contributed by atoms with Gasteiger partial charge in [0.25, 0.3) is 0 Å². The Morgan fingerprint density at radius 2 is 1.89 bits per heavy atom. The minimum atomic E-state index is -0.826. The van der Waals surface area contributed by atoms with Gasteiger partial charge in [0.2, 0.25) is 0 Å². The van der Waals surface area contributed by atoms with Gasteiger partial charge in [-0.3, -0.25) is 4.98 Å². The van der Waals surface area contributed by atoms with Crippen LogP contribution >= 0.6 is 0 Å². The van der Waals surface area contributed by atoms with Crippen LogP contribution in [-0.2, 0) is 0 Å². The van der Waals surface area contributed by atoms with E-state index in [1.54, 1.807) is 43.8 Å². The molecule has 6 nitrogen and oxygen atoms in total. The van der Waals surface area contributed by atoms with E-state index in [-0.39, 0.29) is 5.82 Å². The van der Waals surface area contributed by atoms with Crippen molar-refractivity contribution in [3.63, 3.8) is 0 Å². The van der Waals surface area contributed by atoms with Gasteiger partial charge >= 0.3 is 0 Å². The quantitative estimate of drug-likeness (QED) is 0.587. The van der Waals surface area contributed by atoms with Crippen molar-refractivity contribution in [3.8, 4) is 17.1 Å². The number of aromatic nitrogens is 4. The maximum absolute atomic E-state index is 14.1. The first-order chi connectivity index (χ1) is 13.1. The number of methoxy groups -OCH3 is 1. The summed E-state index contributed by atoms with van der Waals surface area (Å²) in [5.74, 6) is -0.412. The first-order valence-electron chi connectivity index (χ1n) is 7.98. The SMILES string of the molecule is COc1ccc2nc(-c3cccnc3)nc(Nc3ncc(F)cc3F)c2c1. The van der Waals surface area contributed by atoms with Crippen LogP contribution in [0, 0.1) is 11.6 Å². The summed E-state index contributed by atoms with van der Waals surface area (Å²) in [5, 5.41) is 3.43. The number of nitrogens with zero attached hydrogens (tertiary/aromatic N) is 4. The molecule has 134 valence electrons. The lowest BCUT2D eigenvalue weighted by Crippen LogP contribution is -2.03. The van der Waals surface area contributed by atoms with Crippen LogP contribution in [-0.4, -0.2) is 27.0 Å². The Hall–Kier alpha value is -3.68. The highest BCUT2D eigenvalue weighted by molar-refractivity contribution is 5.93. The van der Waals surface area contributed by atoms with Crippen molar-refractivity contribution < 1.29 is 13.5 Å². The Labute approximate surface area is 152 Å². The Kier molecular flexibility index (Phi) is 4.29. The highest BCUT2D eigenvalue weighted by Gasteiger charge is 2.14. The maximum atomic E-state index is 14.1. The van der Waals surface area contributed by atoms with Crippen LogP contribution in [0.4, 0.5) is 20.4 Å². The minimum Gasteiger partial charge on any atom is -0.497 e. The molecule has 1 aromatic carbocycles. The van der Waals surface area contributed by atoms with E-state index in [2.05, 4.69) is 25.3 Å². The van der Waals surface area contributed by atoms with E-state index >= 15 is 0 Å². The summed E-state index contributed by atoms with van der Waals surface area (Å²) >= 11 is 0. The zero-order valence-electron chi connectivity index (χ0n) is 14.1.